The van der Waals surface area contributed by atoms with Gasteiger partial charge in [-0.05, 0) is 34.1 Å². The molecule has 0 spiro atoms. The number of nitrogens with zero attached hydrogens (tertiary/aromatic N) is 1. The summed E-state index contributed by atoms with van der Waals surface area (Å²) in [6, 6.07) is 3.48. The van der Waals surface area contributed by atoms with Gasteiger partial charge in [0.15, 0.2) is 5.82 Å². The van der Waals surface area contributed by atoms with Crippen LogP contribution < -0.4 is 4.72 Å². The average molecular weight is 435 g/mol. The largest absolute Gasteiger partial charge is 0.279 e. The molecule has 21 heavy (non-hydrogen) atoms. The van der Waals surface area contributed by atoms with Gasteiger partial charge in [0.1, 0.15) is 10.0 Å². The lowest BCUT2D eigenvalue weighted by molar-refractivity contribution is 0.600. The van der Waals surface area contributed by atoms with Gasteiger partial charge >= 0.3 is 0 Å². The molecule has 1 aromatic carbocycles. The highest BCUT2D eigenvalue weighted by Gasteiger charge is 2.20. The molecule has 10 heteroatoms. The molecule has 0 aliphatic heterocycles. The molecule has 4 nitrogen and oxygen atoms in total. The van der Waals surface area contributed by atoms with Crippen molar-refractivity contribution in [3.8, 4) is 0 Å². The van der Waals surface area contributed by atoms with Crippen LogP contribution in [0.4, 0.5) is 10.1 Å². The first-order valence-corrected chi connectivity index (χ1v) is 8.60. The van der Waals surface area contributed by atoms with Crippen LogP contribution in [0.3, 0.4) is 0 Å². The Bertz CT molecular complexity index is 794. The average Bonchev–Trinajstić information content (AvgIpc) is 2.38. The number of aromatic nitrogens is 1. The maximum atomic E-state index is 13.3. The molecule has 0 bridgehead atoms. The summed E-state index contributed by atoms with van der Waals surface area (Å²) in [5.74, 6) is -0.830. The second-order valence-electron chi connectivity index (χ2n) is 3.80. The summed E-state index contributed by atoms with van der Waals surface area (Å²) in [7, 11) is -4.03. The number of benzene rings is 1. The van der Waals surface area contributed by atoms with Gasteiger partial charge in [-0.1, -0.05) is 34.8 Å². The molecule has 0 amide bonds. The van der Waals surface area contributed by atoms with E-state index in [0.717, 1.165) is 12.1 Å². The van der Waals surface area contributed by atoms with E-state index in [4.69, 9.17) is 34.8 Å². The molecule has 2 rings (SSSR count). The molecule has 0 fully saturated rings. The van der Waals surface area contributed by atoms with Crippen molar-refractivity contribution in [1.29, 1.82) is 0 Å². The van der Waals surface area contributed by atoms with Crippen molar-refractivity contribution in [2.24, 2.45) is 0 Å². The molecule has 0 saturated heterocycles. The van der Waals surface area contributed by atoms with Gasteiger partial charge in [0, 0.05) is 10.7 Å². The number of pyridine rings is 1. The number of hydrogen-bond acceptors (Lipinski definition) is 3. The lowest BCUT2D eigenvalue weighted by atomic mass is 10.3. The third kappa shape index (κ3) is 3.78. The van der Waals surface area contributed by atoms with Crippen molar-refractivity contribution in [2.45, 2.75) is 4.90 Å². The molecule has 0 aliphatic carbocycles. The Balaban J connectivity index is 2.45. The quantitative estimate of drug-likeness (QED) is 0.561. The van der Waals surface area contributed by atoms with E-state index in [-0.39, 0.29) is 25.8 Å². The number of sulfonamides is 1. The van der Waals surface area contributed by atoms with Gasteiger partial charge in [-0.15, -0.1) is 0 Å². The third-order valence-electron chi connectivity index (χ3n) is 2.30. The third-order valence-corrected chi connectivity index (χ3v) is 5.09. The van der Waals surface area contributed by atoms with Crippen molar-refractivity contribution in [3.63, 3.8) is 0 Å². The molecule has 0 unspecified atom stereocenters. The Kier molecular flexibility index (Phi) is 4.99. The van der Waals surface area contributed by atoms with Gasteiger partial charge in [-0.25, -0.2) is 17.8 Å². The zero-order valence-electron chi connectivity index (χ0n) is 9.87. The van der Waals surface area contributed by atoms with E-state index in [0.29, 0.717) is 4.47 Å². The first-order chi connectivity index (χ1) is 9.70. The monoisotopic (exact) mass is 432 g/mol. The number of rotatable bonds is 3. The van der Waals surface area contributed by atoms with E-state index in [9.17, 15) is 12.8 Å². The van der Waals surface area contributed by atoms with Crippen molar-refractivity contribution in [3.05, 3.63) is 49.9 Å². The summed E-state index contributed by atoms with van der Waals surface area (Å²) in [4.78, 5) is 3.48. The number of halogens is 5. The van der Waals surface area contributed by atoms with Crippen molar-refractivity contribution in [2.75, 3.05) is 4.72 Å². The van der Waals surface area contributed by atoms with Crippen molar-refractivity contribution < 1.29 is 12.8 Å². The van der Waals surface area contributed by atoms with E-state index < -0.39 is 15.8 Å². The van der Waals surface area contributed by atoms with Crippen LogP contribution in [0, 0.1) is 5.82 Å². The standard InChI is InChI=1S/C11H5BrCl3FN2O2S/c12-5-1-9(11(15)17-4-5)21(19,20)18-6-2-7(13)10(16)8(14)3-6/h1-4,18H. The summed E-state index contributed by atoms with van der Waals surface area (Å²) in [5.41, 5.74) is 0.00226. The predicted octanol–water partition coefficient (Wildman–Crippen LogP) is 4.74. The highest BCUT2D eigenvalue weighted by Crippen LogP contribution is 2.30. The normalized spacial score (nSPS) is 11.5. The van der Waals surface area contributed by atoms with Gasteiger partial charge < -0.3 is 0 Å². The van der Waals surface area contributed by atoms with Crippen LogP contribution in [-0.4, -0.2) is 13.4 Å². The summed E-state index contributed by atoms with van der Waals surface area (Å²) in [6.45, 7) is 0. The van der Waals surface area contributed by atoms with Gasteiger partial charge in [-0.2, -0.15) is 0 Å². The smallest absolute Gasteiger partial charge is 0.265 e. The minimum atomic E-state index is -4.03. The Morgan fingerprint density at radius 2 is 1.71 bits per heavy atom. The van der Waals surface area contributed by atoms with Crippen molar-refractivity contribution >= 4 is 66.4 Å². The maximum Gasteiger partial charge on any atom is 0.265 e. The summed E-state index contributed by atoms with van der Waals surface area (Å²) < 4.78 is 40.4. The van der Waals surface area contributed by atoms with E-state index in [2.05, 4.69) is 25.6 Å². The van der Waals surface area contributed by atoms with Gasteiger partial charge in [0.05, 0.1) is 15.7 Å². The van der Waals surface area contributed by atoms with Gasteiger partial charge in [-0.3, -0.25) is 4.72 Å². The van der Waals surface area contributed by atoms with Gasteiger partial charge in [0.2, 0.25) is 0 Å². The zero-order valence-corrected chi connectivity index (χ0v) is 14.5. The Hall–Kier alpha value is -0.600. The van der Waals surface area contributed by atoms with Crippen LogP contribution in [0.15, 0.2) is 33.8 Å². The first kappa shape index (κ1) is 16.8. The van der Waals surface area contributed by atoms with Crippen LogP contribution in [-0.2, 0) is 10.0 Å². The van der Waals surface area contributed by atoms with Crippen LogP contribution in [0.1, 0.15) is 0 Å². The second kappa shape index (κ2) is 6.26. The van der Waals surface area contributed by atoms with Crippen LogP contribution in [0.25, 0.3) is 0 Å². The summed E-state index contributed by atoms with van der Waals surface area (Å²) in [6.07, 6.45) is 1.35. The molecule has 0 atom stereocenters. The molecule has 0 aliphatic rings. The highest BCUT2D eigenvalue weighted by molar-refractivity contribution is 9.10. The lowest BCUT2D eigenvalue weighted by Gasteiger charge is -2.10. The Labute approximate surface area is 143 Å². The predicted molar refractivity (Wildman–Crippen MR) is 84.2 cm³/mol. The topological polar surface area (TPSA) is 59.1 Å². The maximum absolute atomic E-state index is 13.3. The minimum absolute atomic E-state index is 0.00226. The zero-order chi connectivity index (χ0) is 15.8. The molecular weight excluding hydrogens is 429 g/mol. The molecule has 0 saturated carbocycles. The number of anilines is 1. The fourth-order valence-corrected chi connectivity index (χ4v) is 3.89. The minimum Gasteiger partial charge on any atom is -0.279 e. The molecule has 0 radical (unpaired) electrons. The summed E-state index contributed by atoms with van der Waals surface area (Å²) in [5, 5.41) is -0.817. The van der Waals surface area contributed by atoms with E-state index in [1.54, 1.807) is 0 Å². The number of nitrogens with one attached hydrogen (secondary N) is 1. The van der Waals surface area contributed by atoms with Crippen LogP contribution in [0.2, 0.25) is 15.2 Å². The Morgan fingerprint density at radius 3 is 2.29 bits per heavy atom. The van der Waals surface area contributed by atoms with Crippen LogP contribution in [0.5, 0.6) is 0 Å². The van der Waals surface area contributed by atoms with Gasteiger partial charge in [0.25, 0.3) is 10.0 Å². The summed E-state index contributed by atoms with van der Waals surface area (Å²) >= 11 is 20.1. The molecule has 2 aromatic rings. The second-order valence-corrected chi connectivity index (χ2v) is 7.54. The highest BCUT2D eigenvalue weighted by atomic mass is 79.9. The first-order valence-electron chi connectivity index (χ1n) is 5.19. The fourth-order valence-electron chi connectivity index (χ4n) is 1.42. The lowest BCUT2D eigenvalue weighted by Crippen LogP contribution is -2.14. The molecule has 112 valence electrons. The Morgan fingerprint density at radius 1 is 1.14 bits per heavy atom. The number of hydrogen-bond donors (Lipinski definition) is 1. The molecular formula is C11H5BrCl3FN2O2S. The van der Waals surface area contributed by atoms with E-state index in [1.807, 2.05) is 0 Å². The van der Waals surface area contributed by atoms with E-state index >= 15 is 0 Å². The fraction of sp³-hybridized carbons (Fsp3) is 0. The molecule has 1 aromatic heterocycles. The van der Waals surface area contributed by atoms with Crippen LogP contribution >= 0.6 is 50.7 Å². The molecule has 1 heterocycles. The van der Waals surface area contributed by atoms with E-state index in [1.165, 1.54) is 12.3 Å². The van der Waals surface area contributed by atoms with Crippen molar-refractivity contribution in [1.82, 2.24) is 4.98 Å². The molecule has 1 N–H and O–H groups in total. The SMILES string of the molecule is O=S(=O)(Nc1cc(Cl)c(F)c(Cl)c1)c1cc(Br)cnc1Cl.